The monoisotopic (exact) mass is 436 g/mol. The minimum Gasteiger partial charge on any atom is -0.497 e. The highest BCUT2D eigenvalue weighted by atomic mass is 16.5. The zero-order chi connectivity index (χ0) is 22.5. The van der Waals surface area contributed by atoms with Crippen LogP contribution >= 0.6 is 0 Å². The number of hydrogen-bond donors (Lipinski definition) is 2. The van der Waals surface area contributed by atoms with E-state index in [0.717, 1.165) is 30.9 Å². The summed E-state index contributed by atoms with van der Waals surface area (Å²) in [4.78, 5) is 30.0. The number of nitrogens with one attached hydrogen (secondary N) is 2. The highest BCUT2D eigenvalue weighted by Gasteiger charge is 2.44. The van der Waals surface area contributed by atoms with Crippen molar-refractivity contribution in [3.8, 4) is 5.75 Å². The van der Waals surface area contributed by atoms with Gasteiger partial charge in [0.15, 0.2) is 0 Å². The maximum Gasteiger partial charge on any atom is 0.239 e. The second-order valence-electron chi connectivity index (χ2n) is 8.64. The van der Waals surface area contributed by atoms with E-state index in [0.29, 0.717) is 19.4 Å². The number of rotatable bonds is 7. The van der Waals surface area contributed by atoms with Gasteiger partial charge in [-0.15, -0.1) is 0 Å². The standard InChI is InChI=1S/C25H32N4O3/c1-28-20(10-13-23(30)27-19-6-4-3-5-7-19)16-26-25(31)24-22(28)14-15-29(24)17-18-8-11-21(32-2)12-9-18/h3-9,11-12,20,22,24H,10,13-17H2,1-2H3,(H,26,31)(H,27,30)/t20-,22-,24-/m0/s1. The average molecular weight is 437 g/mol. The summed E-state index contributed by atoms with van der Waals surface area (Å²) in [6, 6.07) is 17.6. The number of para-hydroxylation sites is 1. The molecule has 2 fully saturated rings. The van der Waals surface area contributed by atoms with Gasteiger partial charge in [0, 0.05) is 43.8 Å². The molecule has 7 nitrogen and oxygen atoms in total. The minimum absolute atomic E-state index is 0.00396. The third-order valence-corrected chi connectivity index (χ3v) is 6.66. The molecule has 170 valence electrons. The first-order chi connectivity index (χ1) is 15.5. The number of benzene rings is 2. The molecular weight excluding hydrogens is 404 g/mol. The molecule has 0 radical (unpaired) electrons. The number of methoxy groups -OCH3 is 1. The van der Waals surface area contributed by atoms with Crippen LogP contribution in [0.5, 0.6) is 5.75 Å². The highest BCUT2D eigenvalue weighted by molar-refractivity contribution is 5.90. The minimum atomic E-state index is -0.176. The van der Waals surface area contributed by atoms with Crippen LogP contribution in [0.15, 0.2) is 54.6 Å². The molecule has 2 aromatic carbocycles. The van der Waals surface area contributed by atoms with Crippen LogP contribution in [0.25, 0.3) is 0 Å². The Kier molecular flexibility index (Phi) is 7.07. The lowest BCUT2D eigenvalue weighted by Crippen LogP contribution is -2.49. The fraction of sp³-hybridized carbons (Fsp3) is 0.440. The van der Waals surface area contributed by atoms with Gasteiger partial charge >= 0.3 is 0 Å². The normalized spacial score (nSPS) is 23.8. The Morgan fingerprint density at radius 1 is 1.16 bits per heavy atom. The Labute approximate surface area is 189 Å². The number of anilines is 1. The first-order valence-corrected chi connectivity index (χ1v) is 11.3. The maximum absolute atomic E-state index is 13.0. The number of ether oxygens (including phenoxy) is 1. The van der Waals surface area contributed by atoms with E-state index >= 15 is 0 Å². The van der Waals surface area contributed by atoms with Crippen molar-refractivity contribution in [2.45, 2.75) is 43.9 Å². The molecule has 3 atom stereocenters. The molecule has 4 rings (SSSR count). The lowest BCUT2D eigenvalue weighted by molar-refractivity contribution is -0.126. The van der Waals surface area contributed by atoms with Gasteiger partial charge in [0.1, 0.15) is 11.8 Å². The van der Waals surface area contributed by atoms with E-state index in [4.69, 9.17) is 4.74 Å². The molecule has 7 heteroatoms. The largest absolute Gasteiger partial charge is 0.497 e. The Hall–Kier alpha value is -2.90. The fourth-order valence-corrected chi connectivity index (χ4v) is 4.83. The molecule has 0 spiro atoms. The van der Waals surface area contributed by atoms with E-state index in [1.165, 1.54) is 5.56 Å². The van der Waals surface area contributed by atoms with Crippen molar-refractivity contribution >= 4 is 17.5 Å². The summed E-state index contributed by atoms with van der Waals surface area (Å²) in [5.74, 6) is 0.924. The highest BCUT2D eigenvalue weighted by Crippen LogP contribution is 2.29. The van der Waals surface area contributed by atoms with Crippen molar-refractivity contribution in [3.63, 3.8) is 0 Å². The van der Waals surface area contributed by atoms with Gasteiger partial charge in [-0.25, -0.2) is 0 Å². The van der Waals surface area contributed by atoms with E-state index in [1.807, 2.05) is 42.5 Å². The quantitative estimate of drug-likeness (QED) is 0.698. The molecule has 2 saturated heterocycles. The maximum atomic E-state index is 13.0. The third-order valence-electron chi connectivity index (χ3n) is 6.66. The van der Waals surface area contributed by atoms with E-state index in [1.54, 1.807) is 7.11 Å². The molecule has 0 aliphatic carbocycles. The SMILES string of the molecule is COc1ccc(CN2CC[C@H]3[C@H]2C(=O)NC[C@H](CCC(=O)Nc2ccccc2)N3C)cc1. The van der Waals surface area contributed by atoms with E-state index < -0.39 is 0 Å². The summed E-state index contributed by atoms with van der Waals surface area (Å²) in [5.41, 5.74) is 1.98. The molecule has 0 unspecified atom stereocenters. The number of carbonyl (C=O) groups excluding carboxylic acids is 2. The molecule has 0 saturated carbocycles. The number of amides is 2. The fourth-order valence-electron chi connectivity index (χ4n) is 4.83. The topological polar surface area (TPSA) is 73.9 Å². The third kappa shape index (κ3) is 5.11. The van der Waals surface area contributed by atoms with Crippen LogP contribution in [0.1, 0.15) is 24.8 Å². The van der Waals surface area contributed by atoms with E-state index in [2.05, 4.69) is 39.6 Å². The van der Waals surface area contributed by atoms with Crippen LogP contribution in [0, 0.1) is 0 Å². The second-order valence-corrected chi connectivity index (χ2v) is 8.64. The number of likely N-dealkylation sites (N-methyl/N-ethyl adjacent to an activating group) is 1. The molecule has 2 aliphatic heterocycles. The lowest BCUT2D eigenvalue weighted by Gasteiger charge is -2.33. The lowest BCUT2D eigenvalue weighted by atomic mass is 10.0. The molecular formula is C25H32N4O3. The number of nitrogens with zero attached hydrogens (tertiary/aromatic N) is 2. The molecule has 2 amide bonds. The smallest absolute Gasteiger partial charge is 0.239 e. The van der Waals surface area contributed by atoms with Gasteiger partial charge in [0.05, 0.1) is 7.11 Å². The summed E-state index contributed by atoms with van der Waals surface area (Å²) in [6.07, 6.45) is 2.07. The molecule has 2 aromatic rings. The van der Waals surface area contributed by atoms with Crippen LogP contribution in [0.3, 0.4) is 0 Å². The Morgan fingerprint density at radius 2 is 1.91 bits per heavy atom. The average Bonchev–Trinajstić information content (AvgIpc) is 3.18. The molecule has 2 N–H and O–H groups in total. The first kappa shape index (κ1) is 22.3. The van der Waals surface area contributed by atoms with Gasteiger partial charge in [-0.2, -0.15) is 0 Å². The van der Waals surface area contributed by atoms with Crippen LogP contribution in [-0.2, 0) is 16.1 Å². The second kappa shape index (κ2) is 10.1. The summed E-state index contributed by atoms with van der Waals surface area (Å²) in [7, 11) is 3.75. The van der Waals surface area contributed by atoms with Gasteiger partial charge in [-0.1, -0.05) is 30.3 Å². The van der Waals surface area contributed by atoms with Crippen LogP contribution in [0.2, 0.25) is 0 Å². The number of fused-ring (bicyclic) bond motifs is 1. The molecule has 2 aliphatic rings. The van der Waals surface area contributed by atoms with Crippen LogP contribution in [0.4, 0.5) is 5.69 Å². The van der Waals surface area contributed by atoms with Crippen LogP contribution in [-0.4, -0.2) is 67.0 Å². The summed E-state index contributed by atoms with van der Waals surface area (Å²) in [6.45, 7) is 2.17. The molecule has 0 aromatic heterocycles. The Bertz CT molecular complexity index is 919. The van der Waals surface area contributed by atoms with Gasteiger partial charge < -0.3 is 15.4 Å². The van der Waals surface area contributed by atoms with Gasteiger partial charge in [0.2, 0.25) is 11.8 Å². The van der Waals surface area contributed by atoms with E-state index in [9.17, 15) is 9.59 Å². The van der Waals surface area contributed by atoms with E-state index in [-0.39, 0.29) is 29.9 Å². The van der Waals surface area contributed by atoms with Crippen molar-refractivity contribution in [1.29, 1.82) is 0 Å². The van der Waals surface area contributed by atoms with Gasteiger partial charge in [0.25, 0.3) is 0 Å². The molecule has 32 heavy (non-hydrogen) atoms. The number of hydrogen-bond acceptors (Lipinski definition) is 5. The first-order valence-electron chi connectivity index (χ1n) is 11.3. The summed E-state index contributed by atoms with van der Waals surface area (Å²) in [5, 5.41) is 6.08. The predicted octanol–water partition coefficient (Wildman–Crippen LogP) is 2.49. The summed E-state index contributed by atoms with van der Waals surface area (Å²) >= 11 is 0. The van der Waals surface area contributed by atoms with Crippen molar-refractivity contribution in [2.24, 2.45) is 0 Å². The molecule has 0 bridgehead atoms. The molecule has 2 heterocycles. The summed E-state index contributed by atoms with van der Waals surface area (Å²) < 4.78 is 5.24. The van der Waals surface area contributed by atoms with Gasteiger partial charge in [-0.3, -0.25) is 19.4 Å². The van der Waals surface area contributed by atoms with Gasteiger partial charge in [-0.05, 0) is 49.7 Å². The van der Waals surface area contributed by atoms with Crippen molar-refractivity contribution in [1.82, 2.24) is 15.1 Å². The Balaban J connectivity index is 1.36. The predicted molar refractivity (Wildman–Crippen MR) is 124 cm³/mol. The van der Waals surface area contributed by atoms with Crippen LogP contribution < -0.4 is 15.4 Å². The zero-order valence-corrected chi connectivity index (χ0v) is 18.8. The van der Waals surface area contributed by atoms with Crippen molar-refractivity contribution in [3.05, 3.63) is 60.2 Å². The number of carbonyl (C=O) groups is 2. The van der Waals surface area contributed by atoms with Crippen molar-refractivity contribution < 1.29 is 14.3 Å². The Morgan fingerprint density at radius 3 is 2.62 bits per heavy atom. The number of likely N-dealkylation sites (tertiary alicyclic amines) is 1. The zero-order valence-electron chi connectivity index (χ0n) is 18.8. The van der Waals surface area contributed by atoms with Crippen molar-refractivity contribution in [2.75, 3.05) is 32.6 Å².